The molecule has 2 nitrogen and oxygen atoms in total. The van der Waals surface area contributed by atoms with Crippen molar-refractivity contribution in [1.82, 2.24) is 4.90 Å². The molecule has 2 heteroatoms. The highest BCUT2D eigenvalue weighted by molar-refractivity contribution is 4.74. The van der Waals surface area contributed by atoms with Gasteiger partial charge in [0.25, 0.3) is 0 Å². The Hall–Kier alpha value is -0.0800. The Morgan fingerprint density at radius 3 is 2.71 bits per heavy atom. The van der Waals surface area contributed by atoms with Crippen molar-refractivity contribution in [3.05, 3.63) is 0 Å². The molecule has 0 aromatic heterocycles. The maximum atomic E-state index is 5.78. The largest absolute Gasteiger partial charge is 0.378 e. The molecule has 0 spiro atoms. The summed E-state index contributed by atoms with van der Waals surface area (Å²) in [5.74, 6) is 0.988. The monoisotopic (exact) mass is 239 g/mol. The summed E-state index contributed by atoms with van der Waals surface area (Å²) >= 11 is 0. The number of unbranched alkanes of at least 4 members (excludes halogenated alkanes) is 1. The van der Waals surface area contributed by atoms with Crippen LogP contribution < -0.4 is 0 Å². The number of nitrogens with zero attached hydrogens (tertiary/aromatic N) is 1. The Morgan fingerprint density at radius 2 is 2.00 bits per heavy atom. The molecule has 2 rings (SSSR count). The standard InChI is InChI=1S/C15H29NO/c1-2-16-11-10-14(13-16)7-3-4-8-15-9-5-6-12-17-15/h14-15H,2-13H2,1H3. The van der Waals surface area contributed by atoms with E-state index >= 15 is 0 Å². The predicted molar refractivity (Wildman–Crippen MR) is 72.3 cm³/mol. The Balaban J connectivity index is 1.48. The lowest BCUT2D eigenvalue weighted by Crippen LogP contribution is -2.20. The van der Waals surface area contributed by atoms with Crippen LogP contribution in [0.5, 0.6) is 0 Å². The van der Waals surface area contributed by atoms with E-state index in [1.54, 1.807) is 0 Å². The molecule has 0 radical (unpaired) electrons. The summed E-state index contributed by atoms with van der Waals surface area (Å²) in [6, 6.07) is 0. The van der Waals surface area contributed by atoms with E-state index in [-0.39, 0.29) is 0 Å². The first-order valence-electron chi connectivity index (χ1n) is 7.72. The molecule has 0 aromatic rings. The second-order valence-corrected chi connectivity index (χ2v) is 5.82. The van der Waals surface area contributed by atoms with Crippen LogP contribution in [0.2, 0.25) is 0 Å². The van der Waals surface area contributed by atoms with Crippen molar-refractivity contribution in [2.75, 3.05) is 26.2 Å². The number of ether oxygens (including phenoxy) is 1. The highest BCUT2D eigenvalue weighted by Crippen LogP contribution is 2.23. The number of rotatable bonds is 6. The van der Waals surface area contributed by atoms with Gasteiger partial charge in [-0.3, -0.25) is 0 Å². The minimum Gasteiger partial charge on any atom is -0.378 e. The second-order valence-electron chi connectivity index (χ2n) is 5.82. The van der Waals surface area contributed by atoms with Gasteiger partial charge in [0, 0.05) is 13.2 Å². The van der Waals surface area contributed by atoms with Crippen molar-refractivity contribution in [3.8, 4) is 0 Å². The first kappa shape index (κ1) is 13.4. The second kappa shape index (κ2) is 7.38. The summed E-state index contributed by atoms with van der Waals surface area (Å²) in [6.45, 7) is 7.23. The summed E-state index contributed by atoms with van der Waals surface area (Å²) in [4.78, 5) is 2.59. The van der Waals surface area contributed by atoms with Crippen LogP contribution in [0, 0.1) is 5.92 Å². The van der Waals surface area contributed by atoms with Crippen molar-refractivity contribution in [2.45, 2.75) is 64.4 Å². The van der Waals surface area contributed by atoms with Gasteiger partial charge in [-0.05, 0) is 57.5 Å². The molecule has 0 aromatic carbocycles. The Bertz CT molecular complexity index is 201. The molecule has 0 aliphatic carbocycles. The third-order valence-corrected chi connectivity index (χ3v) is 4.48. The van der Waals surface area contributed by atoms with Crippen LogP contribution in [0.1, 0.15) is 58.3 Å². The van der Waals surface area contributed by atoms with Gasteiger partial charge in [0.2, 0.25) is 0 Å². The predicted octanol–water partition coefficient (Wildman–Crippen LogP) is 3.46. The quantitative estimate of drug-likeness (QED) is 0.658. The summed E-state index contributed by atoms with van der Waals surface area (Å²) in [5, 5.41) is 0. The molecule has 2 atom stereocenters. The van der Waals surface area contributed by atoms with E-state index in [0.717, 1.165) is 12.5 Å². The van der Waals surface area contributed by atoms with Crippen molar-refractivity contribution in [2.24, 2.45) is 5.92 Å². The van der Waals surface area contributed by atoms with Crippen molar-refractivity contribution in [1.29, 1.82) is 0 Å². The lowest BCUT2D eigenvalue weighted by atomic mass is 9.98. The molecule has 2 saturated heterocycles. The van der Waals surface area contributed by atoms with Gasteiger partial charge in [-0.1, -0.05) is 19.8 Å². The van der Waals surface area contributed by atoms with Crippen LogP contribution in [0.4, 0.5) is 0 Å². The van der Waals surface area contributed by atoms with Gasteiger partial charge in [-0.25, -0.2) is 0 Å². The zero-order chi connectivity index (χ0) is 11.9. The van der Waals surface area contributed by atoms with E-state index in [0.29, 0.717) is 6.10 Å². The molecule has 2 aliphatic heterocycles. The fraction of sp³-hybridized carbons (Fsp3) is 1.00. The van der Waals surface area contributed by atoms with Gasteiger partial charge in [-0.15, -0.1) is 0 Å². The molecule has 2 aliphatic rings. The van der Waals surface area contributed by atoms with E-state index in [1.807, 2.05) is 0 Å². The lowest BCUT2D eigenvalue weighted by Gasteiger charge is -2.22. The van der Waals surface area contributed by atoms with E-state index < -0.39 is 0 Å². The average Bonchev–Trinajstić information content (AvgIpc) is 2.84. The summed E-state index contributed by atoms with van der Waals surface area (Å²) in [7, 11) is 0. The molecule has 0 N–H and O–H groups in total. The van der Waals surface area contributed by atoms with E-state index in [2.05, 4.69) is 11.8 Å². The highest BCUT2D eigenvalue weighted by atomic mass is 16.5. The summed E-state index contributed by atoms with van der Waals surface area (Å²) in [6.07, 6.45) is 11.6. The molecule has 2 unspecified atom stereocenters. The number of hydrogen-bond acceptors (Lipinski definition) is 2. The molecular formula is C15H29NO. The van der Waals surface area contributed by atoms with Crippen molar-refractivity contribution in [3.63, 3.8) is 0 Å². The first-order valence-corrected chi connectivity index (χ1v) is 7.72. The Morgan fingerprint density at radius 1 is 1.12 bits per heavy atom. The van der Waals surface area contributed by atoms with Crippen molar-refractivity contribution >= 4 is 0 Å². The van der Waals surface area contributed by atoms with Crippen LogP contribution in [-0.4, -0.2) is 37.2 Å². The lowest BCUT2D eigenvalue weighted by molar-refractivity contribution is 0.00964. The number of hydrogen-bond donors (Lipinski definition) is 0. The van der Waals surface area contributed by atoms with Gasteiger partial charge >= 0.3 is 0 Å². The van der Waals surface area contributed by atoms with Crippen LogP contribution in [0.3, 0.4) is 0 Å². The molecule has 2 fully saturated rings. The van der Waals surface area contributed by atoms with Gasteiger partial charge in [0.05, 0.1) is 6.10 Å². The Kier molecular flexibility index (Phi) is 5.79. The minimum atomic E-state index is 0.597. The fourth-order valence-corrected chi connectivity index (χ4v) is 3.28. The number of likely N-dealkylation sites (tertiary alicyclic amines) is 1. The SMILES string of the molecule is CCN1CCC(CCCCC2CCCCO2)C1. The van der Waals surface area contributed by atoms with Gasteiger partial charge < -0.3 is 9.64 Å². The molecular weight excluding hydrogens is 210 g/mol. The molecule has 2 heterocycles. The first-order chi connectivity index (χ1) is 8.38. The fourth-order valence-electron chi connectivity index (χ4n) is 3.28. The van der Waals surface area contributed by atoms with Gasteiger partial charge in [0.1, 0.15) is 0 Å². The van der Waals surface area contributed by atoms with E-state index in [9.17, 15) is 0 Å². The zero-order valence-electron chi connectivity index (χ0n) is 11.5. The van der Waals surface area contributed by atoms with Crippen LogP contribution in [0.25, 0.3) is 0 Å². The highest BCUT2D eigenvalue weighted by Gasteiger charge is 2.20. The topological polar surface area (TPSA) is 12.5 Å². The van der Waals surface area contributed by atoms with Gasteiger partial charge in [0.15, 0.2) is 0 Å². The minimum absolute atomic E-state index is 0.597. The van der Waals surface area contributed by atoms with E-state index in [1.165, 1.54) is 71.0 Å². The van der Waals surface area contributed by atoms with E-state index in [4.69, 9.17) is 4.74 Å². The normalized spacial score (nSPS) is 30.9. The van der Waals surface area contributed by atoms with Crippen LogP contribution in [0.15, 0.2) is 0 Å². The zero-order valence-corrected chi connectivity index (χ0v) is 11.5. The molecule has 0 saturated carbocycles. The third kappa shape index (κ3) is 4.59. The van der Waals surface area contributed by atoms with Crippen LogP contribution in [-0.2, 0) is 4.74 Å². The van der Waals surface area contributed by atoms with Crippen LogP contribution >= 0.6 is 0 Å². The summed E-state index contributed by atoms with van der Waals surface area (Å²) in [5.41, 5.74) is 0. The maximum absolute atomic E-state index is 5.78. The average molecular weight is 239 g/mol. The smallest absolute Gasteiger partial charge is 0.0575 e. The van der Waals surface area contributed by atoms with Gasteiger partial charge in [-0.2, -0.15) is 0 Å². The maximum Gasteiger partial charge on any atom is 0.0575 e. The summed E-state index contributed by atoms with van der Waals surface area (Å²) < 4.78 is 5.78. The Labute approximate surface area is 107 Å². The molecule has 0 bridgehead atoms. The molecule has 0 amide bonds. The third-order valence-electron chi connectivity index (χ3n) is 4.48. The molecule has 17 heavy (non-hydrogen) atoms. The molecule has 100 valence electrons. The van der Waals surface area contributed by atoms with Crippen molar-refractivity contribution < 1.29 is 4.74 Å².